The molecule has 0 aliphatic carbocycles. The SMILES string of the molecule is Cc1ccc(-n2c(SCc3ccc(S(=O)(=O)C(F)F)cc3)nnc2-c2ccccn2)c(C)c1. The number of pyridine rings is 1. The minimum absolute atomic E-state index is 0.401. The molecule has 170 valence electrons. The van der Waals surface area contributed by atoms with Crippen molar-refractivity contribution >= 4 is 21.6 Å². The summed E-state index contributed by atoms with van der Waals surface area (Å²) in [6.45, 7) is 4.04. The van der Waals surface area contributed by atoms with Crippen molar-refractivity contribution < 1.29 is 17.2 Å². The number of sulfone groups is 1. The predicted octanol–water partition coefficient (Wildman–Crippen LogP) is 5.23. The first-order chi connectivity index (χ1) is 15.8. The molecule has 2 aromatic heterocycles. The summed E-state index contributed by atoms with van der Waals surface area (Å²) in [5.74, 6) is -2.40. The van der Waals surface area contributed by atoms with Crippen molar-refractivity contribution in [2.24, 2.45) is 0 Å². The van der Waals surface area contributed by atoms with Crippen LogP contribution in [0.4, 0.5) is 8.78 Å². The number of halogens is 2. The summed E-state index contributed by atoms with van der Waals surface area (Å²) in [4.78, 5) is 4.01. The molecule has 0 saturated carbocycles. The van der Waals surface area contributed by atoms with Crippen molar-refractivity contribution in [2.45, 2.75) is 35.4 Å². The second-order valence-electron chi connectivity index (χ2n) is 7.38. The maximum atomic E-state index is 12.8. The lowest BCUT2D eigenvalue weighted by atomic mass is 10.1. The number of hydrogen-bond donors (Lipinski definition) is 0. The van der Waals surface area contributed by atoms with Crippen LogP contribution in [0.25, 0.3) is 17.2 Å². The number of thioether (sulfide) groups is 1. The van der Waals surface area contributed by atoms with Crippen molar-refractivity contribution in [2.75, 3.05) is 0 Å². The Morgan fingerprint density at radius 3 is 2.39 bits per heavy atom. The Hall–Kier alpha value is -3.11. The van der Waals surface area contributed by atoms with Crippen LogP contribution in [-0.2, 0) is 15.6 Å². The Labute approximate surface area is 194 Å². The number of aryl methyl sites for hydroxylation is 2. The van der Waals surface area contributed by atoms with Crippen LogP contribution >= 0.6 is 11.8 Å². The van der Waals surface area contributed by atoms with E-state index in [1.165, 1.54) is 36.0 Å². The van der Waals surface area contributed by atoms with Gasteiger partial charge in [-0.2, -0.15) is 8.78 Å². The highest BCUT2D eigenvalue weighted by molar-refractivity contribution is 7.98. The smallest absolute Gasteiger partial charge is 0.268 e. The summed E-state index contributed by atoms with van der Waals surface area (Å²) in [6, 6.07) is 17.1. The number of nitrogens with zero attached hydrogens (tertiary/aromatic N) is 4. The van der Waals surface area contributed by atoms with Crippen LogP contribution < -0.4 is 0 Å². The van der Waals surface area contributed by atoms with E-state index in [0.29, 0.717) is 22.4 Å². The summed E-state index contributed by atoms with van der Waals surface area (Å²) in [7, 11) is -4.61. The molecule has 0 amide bonds. The maximum absolute atomic E-state index is 12.8. The molecule has 0 fully saturated rings. The van der Waals surface area contributed by atoms with Crippen LogP contribution in [0.1, 0.15) is 16.7 Å². The molecule has 10 heteroatoms. The number of rotatable bonds is 7. The van der Waals surface area contributed by atoms with Gasteiger partial charge in [0, 0.05) is 11.9 Å². The lowest BCUT2D eigenvalue weighted by Gasteiger charge is -2.13. The van der Waals surface area contributed by atoms with E-state index in [0.717, 1.165) is 22.4 Å². The molecule has 33 heavy (non-hydrogen) atoms. The number of aromatic nitrogens is 4. The Morgan fingerprint density at radius 1 is 1.00 bits per heavy atom. The van der Waals surface area contributed by atoms with Crippen LogP contribution in [0.3, 0.4) is 0 Å². The topological polar surface area (TPSA) is 77.7 Å². The molecule has 4 rings (SSSR count). The lowest BCUT2D eigenvalue weighted by Crippen LogP contribution is -2.11. The molecular formula is C23H20F2N4O2S2. The minimum atomic E-state index is -4.61. The fourth-order valence-electron chi connectivity index (χ4n) is 3.32. The molecule has 4 aromatic rings. The van der Waals surface area contributed by atoms with Gasteiger partial charge in [-0.3, -0.25) is 9.55 Å². The third-order valence-corrected chi connectivity index (χ3v) is 7.37. The van der Waals surface area contributed by atoms with Gasteiger partial charge in [-0.25, -0.2) is 8.42 Å². The number of alkyl halides is 2. The van der Waals surface area contributed by atoms with Gasteiger partial charge in [-0.1, -0.05) is 47.7 Å². The second-order valence-corrected chi connectivity index (χ2v) is 10.2. The molecular weight excluding hydrogens is 466 g/mol. The van der Waals surface area contributed by atoms with Gasteiger partial charge >= 0.3 is 5.76 Å². The zero-order chi connectivity index (χ0) is 23.6. The van der Waals surface area contributed by atoms with Gasteiger partial charge in [0.1, 0.15) is 5.69 Å². The summed E-state index contributed by atoms with van der Waals surface area (Å²) < 4.78 is 50.7. The third-order valence-electron chi connectivity index (χ3n) is 4.97. The van der Waals surface area contributed by atoms with Crippen LogP contribution in [-0.4, -0.2) is 33.9 Å². The van der Waals surface area contributed by atoms with E-state index >= 15 is 0 Å². The number of benzene rings is 2. The molecule has 0 aliphatic rings. The maximum Gasteiger partial charge on any atom is 0.341 e. The van der Waals surface area contributed by atoms with Crippen LogP contribution in [0.15, 0.2) is 76.9 Å². The Bertz CT molecular complexity index is 1370. The van der Waals surface area contributed by atoms with Crippen molar-refractivity contribution in [3.05, 3.63) is 83.6 Å². The van der Waals surface area contributed by atoms with E-state index in [1.54, 1.807) is 6.20 Å². The largest absolute Gasteiger partial charge is 0.341 e. The Morgan fingerprint density at radius 2 is 1.76 bits per heavy atom. The first-order valence-electron chi connectivity index (χ1n) is 9.95. The molecule has 0 spiro atoms. The van der Waals surface area contributed by atoms with Gasteiger partial charge in [0.25, 0.3) is 0 Å². The lowest BCUT2D eigenvalue weighted by molar-refractivity contribution is 0.234. The van der Waals surface area contributed by atoms with Gasteiger partial charge in [0.05, 0.1) is 10.6 Å². The average Bonchev–Trinajstić information content (AvgIpc) is 3.22. The quantitative estimate of drug-likeness (QED) is 0.333. The van der Waals surface area contributed by atoms with Crippen LogP contribution in [0.2, 0.25) is 0 Å². The highest BCUT2D eigenvalue weighted by Gasteiger charge is 2.26. The van der Waals surface area contributed by atoms with E-state index < -0.39 is 20.5 Å². The molecule has 0 unspecified atom stereocenters. The molecule has 0 bridgehead atoms. The first-order valence-corrected chi connectivity index (χ1v) is 12.5. The molecule has 0 atom stereocenters. The zero-order valence-corrected chi connectivity index (χ0v) is 19.4. The highest BCUT2D eigenvalue weighted by atomic mass is 32.2. The zero-order valence-electron chi connectivity index (χ0n) is 17.8. The first kappa shape index (κ1) is 23.1. The number of hydrogen-bond acceptors (Lipinski definition) is 6. The Balaban J connectivity index is 1.67. The molecule has 6 nitrogen and oxygen atoms in total. The predicted molar refractivity (Wildman–Crippen MR) is 123 cm³/mol. The van der Waals surface area contributed by atoms with Crippen LogP contribution in [0.5, 0.6) is 0 Å². The standard InChI is InChI=1S/C23H20F2N4O2S2/c1-15-6-11-20(16(2)13-15)29-21(19-5-3-4-12-26-19)27-28-23(29)32-14-17-7-9-18(10-8-17)33(30,31)22(24)25/h3-13,22H,14H2,1-2H3. The Kier molecular flexibility index (Phi) is 6.57. The minimum Gasteiger partial charge on any atom is -0.268 e. The fourth-order valence-corrected chi connectivity index (χ4v) is 4.95. The fraction of sp³-hybridized carbons (Fsp3) is 0.174. The van der Waals surface area contributed by atoms with E-state index in [4.69, 9.17) is 0 Å². The average molecular weight is 487 g/mol. The molecule has 0 N–H and O–H groups in total. The van der Waals surface area contributed by atoms with Crippen molar-refractivity contribution in [1.82, 2.24) is 19.7 Å². The molecule has 2 heterocycles. The van der Waals surface area contributed by atoms with E-state index in [2.05, 4.69) is 21.2 Å². The van der Waals surface area contributed by atoms with Crippen LogP contribution in [0, 0.1) is 13.8 Å². The van der Waals surface area contributed by atoms with E-state index in [9.17, 15) is 17.2 Å². The van der Waals surface area contributed by atoms with Crippen molar-refractivity contribution in [3.63, 3.8) is 0 Å². The summed E-state index contributed by atoms with van der Waals surface area (Å²) in [5, 5.41) is 9.37. The molecule has 0 aliphatic heterocycles. The van der Waals surface area contributed by atoms with Gasteiger partial charge in [-0.05, 0) is 55.3 Å². The molecule has 0 saturated heterocycles. The van der Waals surface area contributed by atoms with Gasteiger partial charge in [0.2, 0.25) is 9.84 Å². The van der Waals surface area contributed by atoms with Gasteiger partial charge < -0.3 is 0 Å². The van der Waals surface area contributed by atoms with Gasteiger partial charge in [-0.15, -0.1) is 10.2 Å². The van der Waals surface area contributed by atoms with Gasteiger partial charge in [0.15, 0.2) is 11.0 Å². The summed E-state index contributed by atoms with van der Waals surface area (Å²) >= 11 is 1.41. The highest BCUT2D eigenvalue weighted by Crippen LogP contribution is 2.31. The second kappa shape index (κ2) is 9.40. The summed E-state index contributed by atoms with van der Waals surface area (Å²) in [5.41, 5.74) is 4.56. The molecule has 2 aromatic carbocycles. The normalized spacial score (nSPS) is 11.8. The molecule has 0 radical (unpaired) electrons. The van der Waals surface area contributed by atoms with Crippen molar-refractivity contribution in [1.29, 1.82) is 0 Å². The van der Waals surface area contributed by atoms with E-state index in [1.807, 2.05) is 48.7 Å². The monoisotopic (exact) mass is 486 g/mol. The third kappa shape index (κ3) is 4.81. The van der Waals surface area contributed by atoms with Crippen molar-refractivity contribution in [3.8, 4) is 17.2 Å². The van der Waals surface area contributed by atoms with E-state index in [-0.39, 0.29) is 0 Å². The summed E-state index contributed by atoms with van der Waals surface area (Å²) in [6.07, 6.45) is 1.69.